The number of benzene rings is 1. The maximum Gasteiger partial charge on any atom is 0.257 e. The maximum absolute atomic E-state index is 13.7. The van der Waals surface area contributed by atoms with Crippen LogP contribution in [0.25, 0.3) is 0 Å². The van der Waals surface area contributed by atoms with Crippen LogP contribution in [0.3, 0.4) is 0 Å². The molecule has 98 valence electrons. The Morgan fingerprint density at radius 2 is 2.11 bits per heavy atom. The van der Waals surface area contributed by atoms with Crippen LogP contribution in [-0.4, -0.2) is 35.6 Å². The van der Waals surface area contributed by atoms with Gasteiger partial charge in [0.1, 0.15) is 5.82 Å². The van der Waals surface area contributed by atoms with Crippen LogP contribution < -0.4 is 0 Å². The molecule has 1 aromatic rings. The molecule has 1 fully saturated rings. The Morgan fingerprint density at radius 3 is 2.78 bits per heavy atom. The summed E-state index contributed by atoms with van der Waals surface area (Å²) in [5.41, 5.74) is -0.286. The fourth-order valence-corrected chi connectivity index (χ4v) is 2.12. The van der Waals surface area contributed by atoms with Gasteiger partial charge in [0.25, 0.3) is 5.91 Å². The molecule has 0 N–H and O–H groups in total. The number of carbonyl (C=O) groups excluding carboxylic acids is 1. The Bertz CT molecular complexity index is 459. The van der Waals surface area contributed by atoms with Crippen LogP contribution in [0, 0.1) is 5.82 Å². The van der Waals surface area contributed by atoms with Gasteiger partial charge in [-0.15, -0.1) is 0 Å². The topological polar surface area (TPSA) is 29.5 Å². The van der Waals surface area contributed by atoms with Crippen molar-refractivity contribution < 1.29 is 13.9 Å². The predicted octanol–water partition coefficient (Wildman–Crippen LogP) is 2.47. The number of rotatable bonds is 1. The molecule has 1 heterocycles. The molecule has 1 aromatic carbocycles. The van der Waals surface area contributed by atoms with E-state index < -0.39 is 11.4 Å². The highest BCUT2D eigenvalue weighted by Crippen LogP contribution is 2.24. The lowest BCUT2D eigenvalue weighted by Gasteiger charge is -2.44. The molecule has 1 saturated heterocycles. The third-order valence-corrected chi connectivity index (χ3v) is 3.24. The average molecular weight is 251 g/mol. The third kappa shape index (κ3) is 2.38. The molecule has 3 nitrogen and oxygen atoms in total. The summed E-state index contributed by atoms with van der Waals surface area (Å²) in [5, 5.41) is 0. The molecule has 0 aromatic heterocycles. The fraction of sp³-hybridized carbons (Fsp3) is 0.500. The second-order valence-electron chi connectivity index (χ2n) is 5.33. The van der Waals surface area contributed by atoms with Crippen LogP contribution in [0.15, 0.2) is 24.3 Å². The maximum atomic E-state index is 13.7. The Kier molecular flexibility index (Phi) is 3.39. The van der Waals surface area contributed by atoms with Gasteiger partial charge in [0, 0.05) is 6.54 Å². The van der Waals surface area contributed by atoms with Crippen LogP contribution >= 0.6 is 0 Å². The minimum Gasteiger partial charge on any atom is -0.374 e. The highest BCUT2D eigenvalue weighted by molar-refractivity contribution is 5.95. The van der Waals surface area contributed by atoms with Crippen molar-refractivity contribution in [1.82, 2.24) is 4.90 Å². The standard InChI is InChI=1S/C14H18FNO2/c1-10-8-16(14(2,3)9-18-10)13(17)11-6-4-5-7-12(11)15/h4-7,10H,8-9H2,1-3H3/t10-/m0/s1. The fourth-order valence-electron chi connectivity index (χ4n) is 2.12. The normalized spacial score (nSPS) is 22.9. The number of nitrogens with zero attached hydrogens (tertiary/aromatic N) is 1. The molecule has 1 amide bonds. The predicted molar refractivity (Wildman–Crippen MR) is 66.9 cm³/mol. The summed E-state index contributed by atoms with van der Waals surface area (Å²) >= 11 is 0. The van der Waals surface area contributed by atoms with Gasteiger partial charge in [0.2, 0.25) is 0 Å². The van der Waals surface area contributed by atoms with Gasteiger partial charge in [-0.25, -0.2) is 4.39 Å². The Balaban J connectivity index is 2.30. The zero-order valence-corrected chi connectivity index (χ0v) is 10.9. The van der Waals surface area contributed by atoms with Crippen LogP contribution in [-0.2, 0) is 4.74 Å². The monoisotopic (exact) mass is 251 g/mol. The smallest absolute Gasteiger partial charge is 0.257 e. The Hall–Kier alpha value is -1.42. The lowest BCUT2D eigenvalue weighted by atomic mass is 9.99. The molecule has 2 rings (SSSR count). The van der Waals surface area contributed by atoms with Gasteiger partial charge >= 0.3 is 0 Å². The number of hydrogen-bond acceptors (Lipinski definition) is 2. The average Bonchev–Trinajstić information content (AvgIpc) is 2.32. The summed E-state index contributed by atoms with van der Waals surface area (Å²) in [4.78, 5) is 14.1. The summed E-state index contributed by atoms with van der Waals surface area (Å²) in [6, 6.07) is 6.09. The number of halogens is 1. The van der Waals surface area contributed by atoms with Crippen molar-refractivity contribution >= 4 is 5.91 Å². The van der Waals surface area contributed by atoms with E-state index in [0.29, 0.717) is 13.2 Å². The zero-order chi connectivity index (χ0) is 13.3. The number of amides is 1. The quantitative estimate of drug-likeness (QED) is 0.767. The van der Waals surface area contributed by atoms with Gasteiger partial charge < -0.3 is 9.64 Å². The minimum atomic E-state index is -0.475. The van der Waals surface area contributed by atoms with Crippen molar-refractivity contribution in [3.63, 3.8) is 0 Å². The minimum absolute atomic E-state index is 0.0197. The summed E-state index contributed by atoms with van der Waals surface area (Å²) < 4.78 is 19.2. The summed E-state index contributed by atoms with van der Waals surface area (Å²) in [5.74, 6) is -0.745. The van der Waals surface area contributed by atoms with Gasteiger partial charge in [-0.2, -0.15) is 0 Å². The summed E-state index contributed by atoms with van der Waals surface area (Å²) in [6.45, 7) is 6.72. The largest absolute Gasteiger partial charge is 0.374 e. The van der Waals surface area contributed by atoms with E-state index in [1.54, 1.807) is 17.0 Å². The van der Waals surface area contributed by atoms with E-state index in [0.717, 1.165) is 0 Å². The molecule has 1 aliphatic heterocycles. The van der Waals surface area contributed by atoms with Crippen molar-refractivity contribution in [2.75, 3.05) is 13.2 Å². The molecule has 0 aliphatic carbocycles. The molecular formula is C14H18FNO2. The lowest BCUT2D eigenvalue weighted by molar-refractivity contribution is -0.0757. The second-order valence-corrected chi connectivity index (χ2v) is 5.33. The van der Waals surface area contributed by atoms with E-state index in [9.17, 15) is 9.18 Å². The molecule has 0 radical (unpaired) electrons. The second kappa shape index (κ2) is 4.69. The lowest BCUT2D eigenvalue weighted by Crippen LogP contribution is -2.57. The van der Waals surface area contributed by atoms with E-state index in [-0.39, 0.29) is 17.6 Å². The van der Waals surface area contributed by atoms with Crippen LogP contribution in [0.5, 0.6) is 0 Å². The molecule has 1 atom stereocenters. The van der Waals surface area contributed by atoms with Crippen LogP contribution in [0.1, 0.15) is 31.1 Å². The van der Waals surface area contributed by atoms with E-state index in [4.69, 9.17) is 4.74 Å². The Morgan fingerprint density at radius 1 is 1.44 bits per heavy atom. The number of hydrogen-bond donors (Lipinski definition) is 0. The zero-order valence-electron chi connectivity index (χ0n) is 10.9. The highest BCUT2D eigenvalue weighted by atomic mass is 19.1. The SMILES string of the molecule is C[C@H]1CN(C(=O)c2ccccc2F)C(C)(C)CO1. The van der Waals surface area contributed by atoms with E-state index in [1.165, 1.54) is 12.1 Å². The number of carbonyl (C=O) groups is 1. The molecule has 1 aliphatic rings. The first kappa shape index (κ1) is 13.0. The van der Waals surface area contributed by atoms with E-state index in [2.05, 4.69) is 0 Å². The molecule has 0 bridgehead atoms. The van der Waals surface area contributed by atoms with Gasteiger partial charge in [-0.05, 0) is 32.9 Å². The third-order valence-electron chi connectivity index (χ3n) is 3.24. The van der Waals surface area contributed by atoms with Crippen molar-refractivity contribution in [3.05, 3.63) is 35.6 Å². The van der Waals surface area contributed by atoms with E-state index >= 15 is 0 Å². The number of ether oxygens (including phenoxy) is 1. The first-order chi connectivity index (χ1) is 8.42. The van der Waals surface area contributed by atoms with Gasteiger partial charge in [-0.1, -0.05) is 12.1 Å². The Labute approximate surface area is 107 Å². The molecule has 0 saturated carbocycles. The summed E-state index contributed by atoms with van der Waals surface area (Å²) in [6.07, 6.45) is -0.0197. The molecule has 0 spiro atoms. The molecule has 4 heteroatoms. The van der Waals surface area contributed by atoms with Gasteiger partial charge in [-0.3, -0.25) is 4.79 Å². The van der Waals surface area contributed by atoms with Gasteiger partial charge in [0.15, 0.2) is 0 Å². The van der Waals surface area contributed by atoms with Crippen molar-refractivity contribution in [2.24, 2.45) is 0 Å². The summed E-state index contributed by atoms with van der Waals surface area (Å²) in [7, 11) is 0. The van der Waals surface area contributed by atoms with Crippen molar-refractivity contribution in [3.8, 4) is 0 Å². The highest BCUT2D eigenvalue weighted by Gasteiger charge is 2.37. The van der Waals surface area contributed by atoms with E-state index in [1.807, 2.05) is 20.8 Å². The first-order valence-corrected chi connectivity index (χ1v) is 6.10. The van der Waals surface area contributed by atoms with Crippen LogP contribution in [0.4, 0.5) is 4.39 Å². The molecule has 0 unspecified atom stereocenters. The van der Waals surface area contributed by atoms with Crippen molar-refractivity contribution in [2.45, 2.75) is 32.4 Å². The van der Waals surface area contributed by atoms with Crippen molar-refractivity contribution in [1.29, 1.82) is 0 Å². The number of morpholine rings is 1. The van der Waals surface area contributed by atoms with Crippen LogP contribution in [0.2, 0.25) is 0 Å². The van der Waals surface area contributed by atoms with Gasteiger partial charge in [0.05, 0.1) is 23.8 Å². The molecule has 18 heavy (non-hydrogen) atoms. The molecular weight excluding hydrogens is 233 g/mol. The first-order valence-electron chi connectivity index (χ1n) is 6.10.